The van der Waals surface area contributed by atoms with Crippen LogP contribution in [0, 0.1) is 5.41 Å². The lowest BCUT2D eigenvalue weighted by atomic mass is 9.84. The number of nitrogens with two attached hydrogens (primary N) is 1. The van der Waals surface area contributed by atoms with Crippen molar-refractivity contribution in [3.05, 3.63) is 4.88 Å². The van der Waals surface area contributed by atoms with Gasteiger partial charge >= 0.3 is 0 Å². The van der Waals surface area contributed by atoms with Gasteiger partial charge in [0.25, 0.3) is 5.91 Å². The van der Waals surface area contributed by atoms with Gasteiger partial charge in [0.1, 0.15) is 15.6 Å². The second-order valence-electron chi connectivity index (χ2n) is 6.57. The highest BCUT2D eigenvalue weighted by Gasteiger charge is 2.31. The van der Waals surface area contributed by atoms with Crippen molar-refractivity contribution in [2.45, 2.75) is 26.7 Å². The number of carbonyl (C=O) groups is 1. The number of hydrogen-bond acceptors (Lipinski definition) is 5. The first-order valence-electron chi connectivity index (χ1n) is 7.19. The van der Waals surface area contributed by atoms with E-state index in [0.29, 0.717) is 16.3 Å². The third-order valence-electron chi connectivity index (χ3n) is 3.87. The minimum absolute atomic E-state index is 0.0710. The van der Waals surface area contributed by atoms with Gasteiger partial charge in [-0.1, -0.05) is 13.8 Å². The molecule has 0 unspecified atom stereocenters. The summed E-state index contributed by atoms with van der Waals surface area (Å²) in [5.74, 6) is 0.571. The van der Waals surface area contributed by atoms with E-state index in [9.17, 15) is 4.79 Å². The van der Waals surface area contributed by atoms with Crippen molar-refractivity contribution in [3.63, 3.8) is 0 Å². The molecule has 1 saturated heterocycles. The van der Waals surface area contributed by atoms with Gasteiger partial charge < -0.3 is 20.3 Å². The molecule has 21 heavy (non-hydrogen) atoms. The Labute approximate surface area is 130 Å². The van der Waals surface area contributed by atoms with Gasteiger partial charge in [0, 0.05) is 27.2 Å². The van der Waals surface area contributed by atoms with Crippen molar-refractivity contribution < 1.29 is 9.53 Å². The van der Waals surface area contributed by atoms with Gasteiger partial charge in [-0.3, -0.25) is 4.79 Å². The molecule has 1 aromatic heterocycles. The molecule has 0 bridgehead atoms. The van der Waals surface area contributed by atoms with Gasteiger partial charge in [0.15, 0.2) is 5.75 Å². The number of hydrogen-bond donors (Lipinski definition) is 1. The molecule has 0 saturated carbocycles. The Kier molecular flexibility index (Phi) is 4.37. The average Bonchev–Trinajstić information content (AvgIpc) is 2.73. The molecule has 2 heterocycles. The second kappa shape index (κ2) is 5.75. The van der Waals surface area contributed by atoms with Crippen LogP contribution in [0.4, 0.5) is 10.7 Å². The number of rotatable bonds is 3. The summed E-state index contributed by atoms with van der Waals surface area (Å²) in [4.78, 5) is 16.7. The van der Waals surface area contributed by atoms with Crippen molar-refractivity contribution in [3.8, 4) is 5.75 Å². The monoisotopic (exact) mass is 311 g/mol. The molecule has 1 amide bonds. The van der Waals surface area contributed by atoms with E-state index in [0.717, 1.165) is 24.5 Å². The van der Waals surface area contributed by atoms with Crippen molar-refractivity contribution in [2.75, 3.05) is 44.9 Å². The van der Waals surface area contributed by atoms with Gasteiger partial charge in [-0.2, -0.15) is 0 Å². The van der Waals surface area contributed by atoms with Gasteiger partial charge in [-0.15, -0.1) is 11.3 Å². The molecule has 2 rings (SSSR count). The predicted molar refractivity (Wildman–Crippen MR) is 88.5 cm³/mol. The zero-order valence-corrected chi connectivity index (χ0v) is 14.3. The van der Waals surface area contributed by atoms with E-state index in [1.807, 2.05) is 0 Å². The Morgan fingerprint density at radius 2 is 2.10 bits per heavy atom. The van der Waals surface area contributed by atoms with Crippen LogP contribution in [0.2, 0.25) is 0 Å². The fourth-order valence-corrected chi connectivity index (χ4v) is 4.02. The molecule has 1 aliphatic heterocycles. The number of carbonyl (C=O) groups excluding carboxylic acids is 1. The maximum absolute atomic E-state index is 12.2. The molecule has 1 aliphatic rings. The molecule has 0 spiro atoms. The molecule has 1 aromatic rings. The van der Waals surface area contributed by atoms with Gasteiger partial charge in [-0.05, 0) is 18.3 Å². The van der Waals surface area contributed by atoms with Gasteiger partial charge in [0.2, 0.25) is 0 Å². The first-order chi connectivity index (χ1) is 9.76. The SMILES string of the molecule is COc1c(N2CCCC(C)(C)C2)sc(C(=O)N(C)C)c1N. The molecule has 118 valence electrons. The normalized spacial score (nSPS) is 17.7. The molecule has 0 aromatic carbocycles. The zero-order valence-electron chi connectivity index (χ0n) is 13.5. The molecule has 2 N–H and O–H groups in total. The minimum atomic E-state index is -0.0710. The van der Waals surface area contributed by atoms with Crippen LogP contribution < -0.4 is 15.4 Å². The summed E-state index contributed by atoms with van der Waals surface area (Å²) in [6, 6.07) is 0. The standard InChI is InChI=1S/C15H25N3O2S/c1-15(2)7-6-8-18(9-15)14-11(20-5)10(16)12(21-14)13(19)17(3)4/h6-9,16H2,1-5H3. The number of anilines is 2. The molecule has 0 radical (unpaired) electrons. The number of nitrogen functional groups attached to an aromatic ring is 1. The Morgan fingerprint density at radius 3 is 2.62 bits per heavy atom. The number of thiophene rings is 1. The summed E-state index contributed by atoms with van der Waals surface area (Å²) in [6.45, 7) is 6.48. The van der Waals surface area contributed by atoms with Crippen LogP contribution in [-0.2, 0) is 0 Å². The third-order valence-corrected chi connectivity index (χ3v) is 5.11. The highest BCUT2D eigenvalue weighted by Crippen LogP contribution is 2.47. The van der Waals surface area contributed by atoms with E-state index >= 15 is 0 Å². The van der Waals surface area contributed by atoms with E-state index in [1.165, 1.54) is 17.8 Å². The fourth-order valence-electron chi connectivity index (χ4n) is 2.78. The van der Waals surface area contributed by atoms with Crippen LogP contribution in [0.3, 0.4) is 0 Å². The van der Waals surface area contributed by atoms with Crippen LogP contribution >= 0.6 is 11.3 Å². The van der Waals surface area contributed by atoms with Crippen LogP contribution in [-0.4, -0.2) is 45.1 Å². The minimum Gasteiger partial charge on any atom is -0.492 e. The summed E-state index contributed by atoms with van der Waals surface area (Å²) in [5.41, 5.74) is 6.87. The van der Waals surface area contributed by atoms with E-state index < -0.39 is 0 Å². The van der Waals surface area contributed by atoms with E-state index in [2.05, 4.69) is 18.7 Å². The Bertz CT molecular complexity index is 537. The smallest absolute Gasteiger partial charge is 0.265 e. The first kappa shape index (κ1) is 15.9. The Balaban J connectivity index is 2.39. The van der Waals surface area contributed by atoms with Crippen LogP contribution in [0.25, 0.3) is 0 Å². The van der Waals surface area contributed by atoms with Crippen LogP contribution in [0.5, 0.6) is 5.75 Å². The van der Waals surface area contributed by atoms with E-state index in [-0.39, 0.29) is 11.3 Å². The largest absolute Gasteiger partial charge is 0.492 e. The number of nitrogens with zero attached hydrogens (tertiary/aromatic N) is 2. The number of piperidine rings is 1. The molecule has 6 heteroatoms. The maximum Gasteiger partial charge on any atom is 0.265 e. The van der Waals surface area contributed by atoms with Crippen LogP contribution in [0.1, 0.15) is 36.4 Å². The molecule has 5 nitrogen and oxygen atoms in total. The average molecular weight is 311 g/mol. The van der Waals surface area contributed by atoms with Crippen LogP contribution in [0.15, 0.2) is 0 Å². The summed E-state index contributed by atoms with van der Waals surface area (Å²) in [6.07, 6.45) is 2.36. The number of methoxy groups -OCH3 is 1. The third kappa shape index (κ3) is 3.10. The zero-order chi connectivity index (χ0) is 15.8. The lowest BCUT2D eigenvalue weighted by Gasteiger charge is -2.38. The van der Waals surface area contributed by atoms with Gasteiger partial charge in [0.05, 0.1) is 7.11 Å². The molecular formula is C15H25N3O2S. The van der Waals surface area contributed by atoms with Gasteiger partial charge in [-0.25, -0.2) is 0 Å². The highest BCUT2D eigenvalue weighted by atomic mass is 32.1. The second-order valence-corrected chi connectivity index (χ2v) is 7.57. The highest BCUT2D eigenvalue weighted by molar-refractivity contribution is 7.19. The number of amides is 1. The van der Waals surface area contributed by atoms with E-state index in [1.54, 1.807) is 26.1 Å². The summed E-state index contributed by atoms with van der Waals surface area (Å²) in [7, 11) is 5.08. The predicted octanol–water partition coefficient (Wildman–Crippen LogP) is 2.67. The Hall–Kier alpha value is -1.43. The summed E-state index contributed by atoms with van der Waals surface area (Å²) >= 11 is 1.44. The summed E-state index contributed by atoms with van der Waals surface area (Å²) in [5, 5.41) is 0.980. The quantitative estimate of drug-likeness (QED) is 0.932. The molecule has 0 atom stereocenters. The lowest BCUT2D eigenvalue weighted by molar-refractivity contribution is 0.0833. The van der Waals surface area contributed by atoms with E-state index in [4.69, 9.17) is 10.5 Å². The maximum atomic E-state index is 12.2. The topological polar surface area (TPSA) is 58.8 Å². The fraction of sp³-hybridized carbons (Fsp3) is 0.667. The van der Waals surface area contributed by atoms with Crippen molar-refractivity contribution in [2.24, 2.45) is 5.41 Å². The number of ether oxygens (including phenoxy) is 1. The van der Waals surface area contributed by atoms with Crippen molar-refractivity contribution >= 4 is 27.9 Å². The first-order valence-corrected chi connectivity index (χ1v) is 8.01. The summed E-state index contributed by atoms with van der Waals surface area (Å²) < 4.78 is 5.48. The van der Waals surface area contributed by atoms with Crippen molar-refractivity contribution in [1.82, 2.24) is 4.90 Å². The Morgan fingerprint density at radius 1 is 1.43 bits per heavy atom. The van der Waals surface area contributed by atoms with Crippen molar-refractivity contribution in [1.29, 1.82) is 0 Å². The lowest BCUT2D eigenvalue weighted by Crippen LogP contribution is -2.39. The molecule has 1 fully saturated rings. The molecule has 0 aliphatic carbocycles. The molecular weight excluding hydrogens is 286 g/mol.